The van der Waals surface area contributed by atoms with Gasteiger partial charge in [0.25, 0.3) is 0 Å². The molecule has 8 heteroatoms. The van der Waals surface area contributed by atoms with Gasteiger partial charge in [-0.1, -0.05) is 0 Å². The number of nitrogens with zero attached hydrogens (tertiary/aromatic N) is 4. The fraction of sp³-hybridized carbons (Fsp3) is 0.562. The van der Waals surface area contributed by atoms with Crippen LogP contribution in [0.15, 0.2) is 18.6 Å². The van der Waals surface area contributed by atoms with Gasteiger partial charge in [0.15, 0.2) is 0 Å². The van der Waals surface area contributed by atoms with E-state index in [0.29, 0.717) is 25.0 Å². The third kappa shape index (κ3) is 4.01. The standard InChI is InChI=1S/C16H24N6O2/c1-17-16-20-14(12-3-5-24-10-12)7-15(21-16)19-9-13-8-18-11-22(13)4-6-23-2/h7-8,11-12H,3-6,9-10H2,1-2H3,(H2,17,19,20,21)/t12-/m0/s1. The topological polar surface area (TPSA) is 86.1 Å². The van der Waals surface area contributed by atoms with E-state index in [9.17, 15) is 0 Å². The highest BCUT2D eigenvalue weighted by Crippen LogP contribution is 2.26. The van der Waals surface area contributed by atoms with Crippen LogP contribution in [0.3, 0.4) is 0 Å². The molecule has 1 aliphatic heterocycles. The van der Waals surface area contributed by atoms with Crippen LogP contribution in [-0.4, -0.2) is 53.5 Å². The maximum atomic E-state index is 5.47. The maximum absolute atomic E-state index is 5.47. The SMILES string of the molecule is CNc1nc(NCc2cncn2CCOC)cc([C@H]2CCOC2)n1. The summed E-state index contributed by atoms with van der Waals surface area (Å²) in [6.45, 7) is 3.61. The lowest BCUT2D eigenvalue weighted by atomic mass is 10.0. The Balaban J connectivity index is 1.70. The van der Waals surface area contributed by atoms with Crippen molar-refractivity contribution in [2.45, 2.75) is 25.4 Å². The smallest absolute Gasteiger partial charge is 0.224 e. The highest BCUT2D eigenvalue weighted by atomic mass is 16.5. The van der Waals surface area contributed by atoms with Gasteiger partial charge in [-0.15, -0.1) is 0 Å². The average Bonchev–Trinajstić information content (AvgIpc) is 3.29. The molecule has 0 bridgehead atoms. The van der Waals surface area contributed by atoms with E-state index >= 15 is 0 Å². The van der Waals surface area contributed by atoms with E-state index < -0.39 is 0 Å². The van der Waals surface area contributed by atoms with Crippen molar-refractivity contribution in [3.63, 3.8) is 0 Å². The molecule has 0 aliphatic carbocycles. The van der Waals surface area contributed by atoms with Crippen molar-refractivity contribution in [2.24, 2.45) is 0 Å². The fourth-order valence-corrected chi connectivity index (χ4v) is 2.71. The van der Waals surface area contributed by atoms with Gasteiger partial charge >= 0.3 is 0 Å². The van der Waals surface area contributed by atoms with Crippen LogP contribution < -0.4 is 10.6 Å². The molecule has 2 aromatic rings. The van der Waals surface area contributed by atoms with E-state index in [2.05, 4.69) is 30.2 Å². The quantitative estimate of drug-likeness (QED) is 0.757. The van der Waals surface area contributed by atoms with Crippen molar-refractivity contribution in [2.75, 3.05) is 44.6 Å². The summed E-state index contributed by atoms with van der Waals surface area (Å²) in [5, 5.41) is 6.40. The molecule has 2 aromatic heterocycles. The minimum absolute atomic E-state index is 0.341. The Morgan fingerprint density at radius 3 is 3.08 bits per heavy atom. The van der Waals surface area contributed by atoms with Gasteiger partial charge in [-0.25, -0.2) is 9.97 Å². The molecule has 1 aliphatic rings. The molecular formula is C16H24N6O2. The van der Waals surface area contributed by atoms with Crippen molar-refractivity contribution >= 4 is 11.8 Å². The molecule has 0 aromatic carbocycles. The number of nitrogens with one attached hydrogen (secondary N) is 2. The molecule has 3 rings (SSSR count). The molecule has 8 nitrogen and oxygen atoms in total. The Bertz CT molecular complexity index is 654. The van der Waals surface area contributed by atoms with E-state index in [4.69, 9.17) is 9.47 Å². The molecule has 24 heavy (non-hydrogen) atoms. The minimum Gasteiger partial charge on any atom is -0.383 e. The van der Waals surface area contributed by atoms with Gasteiger partial charge in [0.1, 0.15) is 5.82 Å². The van der Waals surface area contributed by atoms with Gasteiger partial charge in [-0.3, -0.25) is 0 Å². The van der Waals surface area contributed by atoms with Crippen LogP contribution in [0, 0.1) is 0 Å². The van der Waals surface area contributed by atoms with Crippen LogP contribution in [0.25, 0.3) is 0 Å². The summed E-state index contributed by atoms with van der Waals surface area (Å²) in [6, 6.07) is 2.01. The summed E-state index contributed by atoms with van der Waals surface area (Å²) in [5.41, 5.74) is 2.10. The van der Waals surface area contributed by atoms with Crippen molar-refractivity contribution < 1.29 is 9.47 Å². The average molecular weight is 332 g/mol. The first kappa shape index (κ1) is 16.7. The number of hydrogen-bond donors (Lipinski definition) is 2. The molecule has 0 saturated carbocycles. The Kier molecular flexibility index (Phi) is 5.60. The number of imidazole rings is 1. The summed E-state index contributed by atoms with van der Waals surface area (Å²) in [6.07, 6.45) is 4.67. The molecule has 1 atom stereocenters. The lowest BCUT2D eigenvalue weighted by Gasteiger charge is -2.13. The Labute approximate surface area is 141 Å². The molecule has 0 radical (unpaired) electrons. The van der Waals surface area contributed by atoms with E-state index in [1.54, 1.807) is 7.11 Å². The largest absolute Gasteiger partial charge is 0.383 e. The van der Waals surface area contributed by atoms with Crippen LogP contribution >= 0.6 is 0 Å². The Morgan fingerprint density at radius 1 is 1.42 bits per heavy atom. The number of rotatable bonds is 8. The Hall–Kier alpha value is -2.19. The van der Waals surface area contributed by atoms with Crippen LogP contribution in [0.2, 0.25) is 0 Å². The zero-order valence-corrected chi connectivity index (χ0v) is 14.2. The monoisotopic (exact) mass is 332 g/mol. The molecule has 0 unspecified atom stereocenters. The van der Waals surface area contributed by atoms with Crippen molar-refractivity contribution in [1.82, 2.24) is 19.5 Å². The van der Waals surface area contributed by atoms with Crippen molar-refractivity contribution in [3.05, 3.63) is 30.0 Å². The second-order valence-electron chi connectivity index (χ2n) is 5.74. The molecular weight excluding hydrogens is 308 g/mol. The predicted octanol–water partition coefficient (Wildman–Crippen LogP) is 1.48. The number of anilines is 2. The molecule has 2 N–H and O–H groups in total. The molecule has 0 spiro atoms. The van der Waals surface area contributed by atoms with Gasteiger partial charge in [0.2, 0.25) is 5.95 Å². The zero-order valence-electron chi connectivity index (χ0n) is 14.2. The second-order valence-corrected chi connectivity index (χ2v) is 5.74. The normalized spacial score (nSPS) is 17.2. The molecule has 0 amide bonds. The number of aromatic nitrogens is 4. The van der Waals surface area contributed by atoms with E-state index in [0.717, 1.165) is 43.4 Å². The van der Waals surface area contributed by atoms with Crippen molar-refractivity contribution in [1.29, 1.82) is 0 Å². The third-order valence-corrected chi connectivity index (χ3v) is 4.10. The van der Waals surface area contributed by atoms with Gasteiger partial charge in [-0.2, -0.15) is 4.98 Å². The maximum Gasteiger partial charge on any atom is 0.224 e. The lowest BCUT2D eigenvalue weighted by Crippen LogP contribution is -2.12. The lowest BCUT2D eigenvalue weighted by molar-refractivity contribution is 0.186. The summed E-state index contributed by atoms with van der Waals surface area (Å²) < 4.78 is 12.7. The first-order valence-corrected chi connectivity index (χ1v) is 8.16. The summed E-state index contributed by atoms with van der Waals surface area (Å²) in [4.78, 5) is 13.3. The highest BCUT2D eigenvalue weighted by Gasteiger charge is 2.20. The summed E-state index contributed by atoms with van der Waals surface area (Å²) in [5.74, 6) is 1.76. The van der Waals surface area contributed by atoms with Gasteiger partial charge in [0.05, 0.1) is 37.5 Å². The zero-order chi connectivity index (χ0) is 16.8. The Morgan fingerprint density at radius 2 is 2.33 bits per heavy atom. The van der Waals surface area contributed by atoms with E-state index in [1.165, 1.54) is 0 Å². The fourth-order valence-electron chi connectivity index (χ4n) is 2.71. The van der Waals surface area contributed by atoms with Gasteiger partial charge in [0, 0.05) is 45.5 Å². The van der Waals surface area contributed by atoms with Crippen LogP contribution in [0.5, 0.6) is 0 Å². The first-order valence-electron chi connectivity index (χ1n) is 8.16. The summed E-state index contributed by atoms with van der Waals surface area (Å²) in [7, 11) is 3.52. The van der Waals surface area contributed by atoms with Crippen LogP contribution in [0.4, 0.5) is 11.8 Å². The number of methoxy groups -OCH3 is 1. The number of hydrogen-bond acceptors (Lipinski definition) is 7. The molecule has 130 valence electrons. The summed E-state index contributed by atoms with van der Waals surface area (Å²) >= 11 is 0. The predicted molar refractivity (Wildman–Crippen MR) is 91.2 cm³/mol. The van der Waals surface area contributed by atoms with E-state index in [1.807, 2.05) is 25.6 Å². The third-order valence-electron chi connectivity index (χ3n) is 4.10. The molecule has 1 saturated heterocycles. The van der Waals surface area contributed by atoms with Gasteiger partial charge in [-0.05, 0) is 6.42 Å². The first-order chi connectivity index (χ1) is 11.8. The second kappa shape index (κ2) is 8.07. The van der Waals surface area contributed by atoms with E-state index in [-0.39, 0.29) is 0 Å². The van der Waals surface area contributed by atoms with Crippen LogP contribution in [-0.2, 0) is 22.6 Å². The molecule has 3 heterocycles. The molecule has 1 fully saturated rings. The number of ether oxygens (including phenoxy) is 2. The minimum atomic E-state index is 0.341. The van der Waals surface area contributed by atoms with Crippen molar-refractivity contribution in [3.8, 4) is 0 Å². The van der Waals surface area contributed by atoms with Gasteiger partial charge < -0.3 is 24.7 Å². The highest BCUT2D eigenvalue weighted by molar-refractivity contribution is 5.43. The van der Waals surface area contributed by atoms with Crippen LogP contribution in [0.1, 0.15) is 23.7 Å².